The van der Waals surface area contributed by atoms with Gasteiger partial charge in [0.05, 0.1) is 0 Å². The Labute approximate surface area is 110 Å². The molecule has 1 aliphatic heterocycles. The van der Waals surface area contributed by atoms with Crippen molar-refractivity contribution in [1.29, 1.82) is 0 Å². The van der Waals surface area contributed by atoms with Crippen molar-refractivity contribution in [2.45, 2.75) is 32.4 Å². The minimum atomic E-state index is -0.142. The maximum absolute atomic E-state index is 13.5. The molecule has 1 aromatic rings. The molecule has 0 atom stereocenters. The topological polar surface area (TPSA) is 21.3 Å². The lowest BCUT2D eigenvalue weighted by Gasteiger charge is -2.23. The fraction of sp³-hybridized carbons (Fsp3) is 0.538. The molecule has 17 heavy (non-hydrogen) atoms. The molecule has 0 aromatic heterocycles. The van der Waals surface area contributed by atoms with Gasteiger partial charge in [-0.15, -0.1) is 0 Å². The fourth-order valence-electron chi connectivity index (χ4n) is 1.98. The predicted octanol–water partition coefficient (Wildman–Crippen LogP) is 3.17. The van der Waals surface area contributed by atoms with Crippen LogP contribution in [-0.4, -0.2) is 19.3 Å². The van der Waals surface area contributed by atoms with Crippen LogP contribution in [0.4, 0.5) is 4.39 Å². The summed E-state index contributed by atoms with van der Waals surface area (Å²) in [6, 6.07) is 3.92. The molecule has 1 aliphatic rings. The molecule has 0 amide bonds. The van der Waals surface area contributed by atoms with Gasteiger partial charge in [-0.05, 0) is 43.0 Å². The summed E-state index contributed by atoms with van der Waals surface area (Å²) in [5, 5.41) is 3.45. The van der Waals surface area contributed by atoms with Gasteiger partial charge in [-0.25, -0.2) is 4.39 Å². The highest BCUT2D eigenvalue weighted by atomic mass is 79.9. The highest BCUT2D eigenvalue weighted by Crippen LogP contribution is 2.21. The number of ether oxygens (including phenoxy) is 1. The van der Waals surface area contributed by atoms with Gasteiger partial charge < -0.3 is 10.1 Å². The van der Waals surface area contributed by atoms with E-state index < -0.39 is 0 Å². The van der Waals surface area contributed by atoms with E-state index >= 15 is 0 Å². The highest BCUT2D eigenvalue weighted by molar-refractivity contribution is 9.10. The molecule has 0 spiro atoms. The van der Waals surface area contributed by atoms with Gasteiger partial charge in [0.15, 0.2) is 0 Å². The third-order valence-corrected chi connectivity index (χ3v) is 3.87. The Bertz CT molecular complexity index is 391. The van der Waals surface area contributed by atoms with Gasteiger partial charge in [-0.2, -0.15) is 0 Å². The standard InChI is InChI=1S/C13H17BrFNO/c1-9-6-12(14)10(7-13(9)15)8-16-11-2-4-17-5-3-11/h6-7,11,16H,2-5,8H2,1H3. The summed E-state index contributed by atoms with van der Waals surface area (Å²) in [7, 11) is 0. The van der Waals surface area contributed by atoms with E-state index in [0.29, 0.717) is 18.2 Å². The van der Waals surface area contributed by atoms with Crippen LogP contribution >= 0.6 is 15.9 Å². The third-order valence-electron chi connectivity index (χ3n) is 3.13. The van der Waals surface area contributed by atoms with Crippen LogP contribution in [0.5, 0.6) is 0 Å². The Hall–Kier alpha value is -0.450. The Morgan fingerprint density at radius 2 is 2.12 bits per heavy atom. The van der Waals surface area contributed by atoms with Gasteiger partial charge in [0, 0.05) is 30.3 Å². The molecule has 1 N–H and O–H groups in total. The van der Waals surface area contributed by atoms with Crippen molar-refractivity contribution in [3.05, 3.63) is 33.5 Å². The molecular weight excluding hydrogens is 285 g/mol. The first kappa shape index (κ1) is 13.0. The molecule has 0 saturated carbocycles. The van der Waals surface area contributed by atoms with Crippen LogP contribution in [0, 0.1) is 12.7 Å². The van der Waals surface area contributed by atoms with Gasteiger partial charge in [0.1, 0.15) is 5.82 Å². The van der Waals surface area contributed by atoms with Crippen LogP contribution < -0.4 is 5.32 Å². The molecule has 1 aromatic carbocycles. The Balaban J connectivity index is 1.96. The van der Waals surface area contributed by atoms with Crippen LogP contribution in [0.1, 0.15) is 24.0 Å². The molecule has 2 nitrogen and oxygen atoms in total. The van der Waals surface area contributed by atoms with E-state index in [-0.39, 0.29) is 5.82 Å². The SMILES string of the molecule is Cc1cc(Br)c(CNC2CCOCC2)cc1F. The number of hydrogen-bond acceptors (Lipinski definition) is 2. The lowest BCUT2D eigenvalue weighted by Crippen LogP contribution is -2.34. The Kier molecular flexibility index (Phi) is 4.54. The second-order valence-electron chi connectivity index (χ2n) is 4.46. The summed E-state index contributed by atoms with van der Waals surface area (Å²) in [5.74, 6) is -0.142. The number of nitrogens with one attached hydrogen (secondary N) is 1. The second kappa shape index (κ2) is 5.94. The Morgan fingerprint density at radius 3 is 2.82 bits per heavy atom. The van der Waals surface area contributed by atoms with Gasteiger partial charge in [0.2, 0.25) is 0 Å². The van der Waals surface area contributed by atoms with Crippen molar-refractivity contribution in [1.82, 2.24) is 5.32 Å². The van der Waals surface area contributed by atoms with Crippen molar-refractivity contribution in [2.75, 3.05) is 13.2 Å². The van der Waals surface area contributed by atoms with Crippen LogP contribution in [0.2, 0.25) is 0 Å². The summed E-state index contributed by atoms with van der Waals surface area (Å²) in [6.07, 6.45) is 2.07. The third kappa shape index (κ3) is 3.50. The summed E-state index contributed by atoms with van der Waals surface area (Å²) in [6.45, 7) is 4.11. The quantitative estimate of drug-likeness (QED) is 0.926. The fourth-order valence-corrected chi connectivity index (χ4v) is 2.58. The lowest BCUT2D eigenvalue weighted by molar-refractivity contribution is 0.0776. The smallest absolute Gasteiger partial charge is 0.126 e. The first-order valence-electron chi connectivity index (χ1n) is 5.92. The van der Waals surface area contributed by atoms with E-state index in [1.807, 2.05) is 6.07 Å². The summed E-state index contributed by atoms with van der Waals surface area (Å²) < 4.78 is 19.7. The van der Waals surface area contributed by atoms with E-state index in [0.717, 1.165) is 36.1 Å². The van der Waals surface area contributed by atoms with Crippen molar-refractivity contribution in [2.24, 2.45) is 0 Å². The monoisotopic (exact) mass is 301 g/mol. The van der Waals surface area contributed by atoms with Crippen LogP contribution in [-0.2, 0) is 11.3 Å². The van der Waals surface area contributed by atoms with E-state index in [1.165, 1.54) is 0 Å². The van der Waals surface area contributed by atoms with Crippen molar-refractivity contribution >= 4 is 15.9 Å². The zero-order valence-electron chi connectivity index (χ0n) is 9.93. The van der Waals surface area contributed by atoms with Crippen LogP contribution in [0.25, 0.3) is 0 Å². The van der Waals surface area contributed by atoms with Gasteiger partial charge in [-0.3, -0.25) is 0 Å². The van der Waals surface area contributed by atoms with E-state index in [2.05, 4.69) is 21.2 Å². The minimum Gasteiger partial charge on any atom is -0.381 e. The molecule has 0 unspecified atom stereocenters. The average Bonchev–Trinajstić information content (AvgIpc) is 2.33. The number of aryl methyl sites for hydroxylation is 1. The first-order valence-corrected chi connectivity index (χ1v) is 6.72. The number of halogens is 2. The number of rotatable bonds is 3. The number of hydrogen-bond donors (Lipinski definition) is 1. The molecule has 1 saturated heterocycles. The number of benzene rings is 1. The molecule has 1 heterocycles. The maximum Gasteiger partial charge on any atom is 0.126 e. The van der Waals surface area contributed by atoms with E-state index in [9.17, 15) is 4.39 Å². The molecule has 2 rings (SSSR count). The summed E-state index contributed by atoms with van der Waals surface area (Å²) in [4.78, 5) is 0. The van der Waals surface area contributed by atoms with Gasteiger partial charge in [0.25, 0.3) is 0 Å². The first-order chi connectivity index (χ1) is 8.16. The normalized spacial score (nSPS) is 17.4. The van der Waals surface area contributed by atoms with Gasteiger partial charge in [-0.1, -0.05) is 15.9 Å². The molecule has 4 heteroatoms. The molecule has 0 aliphatic carbocycles. The largest absolute Gasteiger partial charge is 0.381 e. The summed E-state index contributed by atoms with van der Waals surface area (Å²) >= 11 is 3.47. The maximum atomic E-state index is 13.5. The zero-order valence-corrected chi connectivity index (χ0v) is 11.5. The average molecular weight is 302 g/mol. The minimum absolute atomic E-state index is 0.142. The zero-order chi connectivity index (χ0) is 12.3. The lowest BCUT2D eigenvalue weighted by atomic mass is 10.1. The second-order valence-corrected chi connectivity index (χ2v) is 5.31. The Morgan fingerprint density at radius 1 is 1.41 bits per heavy atom. The molecule has 1 fully saturated rings. The van der Waals surface area contributed by atoms with Crippen molar-refractivity contribution < 1.29 is 9.13 Å². The molecular formula is C13H17BrFNO. The van der Waals surface area contributed by atoms with Crippen molar-refractivity contribution in [3.63, 3.8) is 0 Å². The molecule has 94 valence electrons. The summed E-state index contributed by atoms with van der Waals surface area (Å²) in [5.41, 5.74) is 1.64. The molecule has 0 bridgehead atoms. The van der Waals surface area contributed by atoms with Gasteiger partial charge >= 0.3 is 0 Å². The van der Waals surface area contributed by atoms with Crippen LogP contribution in [0.3, 0.4) is 0 Å². The van der Waals surface area contributed by atoms with Crippen LogP contribution in [0.15, 0.2) is 16.6 Å². The highest BCUT2D eigenvalue weighted by Gasteiger charge is 2.13. The van der Waals surface area contributed by atoms with Crippen molar-refractivity contribution in [3.8, 4) is 0 Å². The van der Waals surface area contributed by atoms with E-state index in [1.54, 1.807) is 13.0 Å². The van der Waals surface area contributed by atoms with E-state index in [4.69, 9.17) is 4.74 Å². The predicted molar refractivity (Wildman–Crippen MR) is 69.5 cm³/mol. The molecule has 0 radical (unpaired) electrons.